The van der Waals surface area contributed by atoms with E-state index in [9.17, 15) is 18.0 Å². The molecule has 1 fully saturated rings. The average Bonchev–Trinajstić information content (AvgIpc) is 2.88. The van der Waals surface area contributed by atoms with Gasteiger partial charge in [0, 0.05) is 6.54 Å². The number of carboxylic acid groups (broad SMARTS) is 1. The number of carboxylic acids is 1. The summed E-state index contributed by atoms with van der Waals surface area (Å²) in [7, 11) is -4.03. The van der Waals surface area contributed by atoms with Gasteiger partial charge in [0.25, 0.3) is 0 Å². The molecule has 1 unspecified atom stereocenters. The molecule has 110 valence electrons. The molecule has 1 amide bonds. The molecule has 1 atom stereocenters. The molecule has 1 aliphatic rings. The number of hydrogen-bond acceptors (Lipinski definition) is 5. The maximum absolute atomic E-state index is 12.5. The first-order chi connectivity index (χ1) is 9.35. The van der Waals surface area contributed by atoms with Crippen LogP contribution in [0.3, 0.4) is 0 Å². The van der Waals surface area contributed by atoms with Gasteiger partial charge < -0.3 is 10.8 Å². The Morgan fingerprint density at radius 3 is 2.70 bits per heavy atom. The van der Waals surface area contributed by atoms with Gasteiger partial charge in [-0.2, -0.15) is 4.31 Å². The third-order valence-electron chi connectivity index (χ3n) is 3.19. The Hall–Kier alpha value is -1.45. The van der Waals surface area contributed by atoms with Gasteiger partial charge in [-0.3, -0.25) is 4.79 Å². The van der Waals surface area contributed by atoms with Crippen molar-refractivity contribution in [3.05, 3.63) is 16.3 Å². The van der Waals surface area contributed by atoms with Crippen LogP contribution < -0.4 is 5.73 Å². The summed E-state index contributed by atoms with van der Waals surface area (Å²) in [5.41, 5.74) is 5.25. The van der Waals surface area contributed by atoms with Crippen molar-refractivity contribution in [2.24, 2.45) is 5.73 Å². The zero-order chi connectivity index (χ0) is 14.9. The summed E-state index contributed by atoms with van der Waals surface area (Å²) in [6.45, 7) is 0.171. The normalized spacial score (nSPS) is 20.7. The monoisotopic (exact) mass is 318 g/mol. The van der Waals surface area contributed by atoms with E-state index in [0.717, 1.165) is 22.1 Å². The number of thiophene rings is 1. The molecule has 3 N–H and O–H groups in total. The fraction of sp³-hybridized carbons (Fsp3) is 0.455. The molecule has 9 heteroatoms. The van der Waals surface area contributed by atoms with Gasteiger partial charge in [-0.15, -0.1) is 11.3 Å². The zero-order valence-corrected chi connectivity index (χ0v) is 12.1. The Bertz CT molecular complexity index is 637. The average molecular weight is 318 g/mol. The first-order valence-corrected chi connectivity index (χ1v) is 8.29. The second-order valence-electron chi connectivity index (χ2n) is 4.45. The van der Waals surface area contributed by atoms with Gasteiger partial charge in [-0.25, -0.2) is 13.2 Å². The minimum atomic E-state index is -4.03. The van der Waals surface area contributed by atoms with Crippen molar-refractivity contribution in [2.75, 3.05) is 6.54 Å². The Morgan fingerprint density at radius 1 is 1.40 bits per heavy atom. The van der Waals surface area contributed by atoms with E-state index in [2.05, 4.69) is 0 Å². The molecule has 1 aromatic rings. The number of carbonyl (C=O) groups excluding carboxylic acids is 1. The second-order valence-corrected chi connectivity index (χ2v) is 7.22. The molecule has 0 aromatic carbocycles. The fourth-order valence-electron chi connectivity index (χ4n) is 2.26. The van der Waals surface area contributed by atoms with Gasteiger partial charge in [0.15, 0.2) is 0 Å². The number of piperidine rings is 1. The van der Waals surface area contributed by atoms with Gasteiger partial charge in [-0.05, 0) is 24.3 Å². The quantitative estimate of drug-likeness (QED) is 0.837. The predicted octanol–water partition coefficient (Wildman–Crippen LogP) is 0.475. The van der Waals surface area contributed by atoms with Crippen molar-refractivity contribution < 1.29 is 23.1 Å². The van der Waals surface area contributed by atoms with Gasteiger partial charge >= 0.3 is 5.97 Å². The Labute approximate surface area is 120 Å². The van der Waals surface area contributed by atoms with Crippen LogP contribution in [-0.4, -0.2) is 42.3 Å². The van der Waals surface area contributed by atoms with Crippen molar-refractivity contribution in [1.82, 2.24) is 4.31 Å². The molecule has 0 spiro atoms. The topological polar surface area (TPSA) is 118 Å². The molecular formula is C11H14N2O5S2. The first-order valence-electron chi connectivity index (χ1n) is 5.97. The number of nitrogens with zero attached hydrogens (tertiary/aromatic N) is 1. The molecule has 0 aliphatic carbocycles. The molecular weight excluding hydrogens is 304 g/mol. The smallest absolute Gasteiger partial charge is 0.347 e. The highest BCUT2D eigenvalue weighted by molar-refractivity contribution is 7.89. The van der Waals surface area contributed by atoms with Crippen molar-refractivity contribution in [3.8, 4) is 0 Å². The molecule has 0 radical (unpaired) electrons. The number of carbonyl (C=O) groups is 2. The minimum Gasteiger partial charge on any atom is -0.477 e. The lowest BCUT2D eigenvalue weighted by molar-refractivity contribution is -0.122. The van der Waals surface area contributed by atoms with Crippen LogP contribution in [0.15, 0.2) is 16.3 Å². The van der Waals surface area contributed by atoms with Crippen molar-refractivity contribution in [1.29, 1.82) is 0 Å². The third-order valence-corrected chi connectivity index (χ3v) is 6.17. The number of primary amides is 1. The summed E-state index contributed by atoms with van der Waals surface area (Å²) in [4.78, 5) is 21.9. The lowest BCUT2D eigenvalue weighted by atomic mass is 10.0. The highest BCUT2D eigenvalue weighted by Gasteiger charge is 2.38. The Morgan fingerprint density at radius 2 is 2.10 bits per heavy atom. The van der Waals surface area contributed by atoms with Crippen LogP contribution in [0.4, 0.5) is 0 Å². The molecule has 7 nitrogen and oxygen atoms in total. The van der Waals surface area contributed by atoms with Crippen molar-refractivity contribution >= 4 is 33.2 Å². The number of nitrogens with two attached hydrogens (primary N) is 1. The molecule has 0 saturated carbocycles. The van der Waals surface area contributed by atoms with Crippen molar-refractivity contribution in [2.45, 2.75) is 30.2 Å². The minimum absolute atomic E-state index is 0.171. The molecule has 20 heavy (non-hydrogen) atoms. The van der Waals surface area contributed by atoms with Crippen LogP contribution in [0.5, 0.6) is 0 Å². The van der Waals surface area contributed by atoms with Crippen molar-refractivity contribution in [3.63, 3.8) is 0 Å². The first kappa shape index (κ1) is 14.9. The largest absolute Gasteiger partial charge is 0.477 e. The van der Waals surface area contributed by atoms with Gasteiger partial charge in [-0.1, -0.05) is 6.42 Å². The Balaban J connectivity index is 2.45. The van der Waals surface area contributed by atoms with E-state index in [4.69, 9.17) is 10.8 Å². The lowest BCUT2D eigenvalue weighted by Gasteiger charge is -2.32. The van der Waals surface area contributed by atoms with E-state index in [1.54, 1.807) is 0 Å². The van der Waals surface area contributed by atoms with Gasteiger partial charge in [0.1, 0.15) is 15.8 Å². The van der Waals surface area contributed by atoms with Crippen LogP contribution in [0.1, 0.15) is 28.9 Å². The SMILES string of the molecule is NC(=O)C1CCCCN1S(=O)(=O)c1ccsc1C(=O)O. The Kier molecular flexibility index (Phi) is 4.11. The summed E-state index contributed by atoms with van der Waals surface area (Å²) in [5, 5.41) is 10.4. The van der Waals surface area contributed by atoms with E-state index < -0.39 is 27.9 Å². The summed E-state index contributed by atoms with van der Waals surface area (Å²) in [6, 6.07) is 0.339. The predicted molar refractivity (Wildman–Crippen MR) is 72.0 cm³/mol. The van der Waals surface area contributed by atoms with Crippen LogP contribution in [0.2, 0.25) is 0 Å². The van der Waals surface area contributed by atoms with Gasteiger partial charge in [0.05, 0.1) is 0 Å². The summed E-state index contributed by atoms with van der Waals surface area (Å²) in [6.07, 6.45) is 1.70. The van der Waals surface area contributed by atoms with E-state index in [1.807, 2.05) is 0 Å². The number of rotatable bonds is 4. The summed E-state index contributed by atoms with van der Waals surface area (Å²) in [5.74, 6) is -2.01. The number of sulfonamides is 1. The maximum Gasteiger partial charge on any atom is 0.347 e. The van der Waals surface area contributed by atoms with Gasteiger partial charge in [0.2, 0.25) is 15.9 Å². The van der Waals surface area contributed by atoms with E-state index in [-0.39, 0.29) is 16.3 Å². The fourth-order valence-corrected chi connectivity index (χ4v) is 5.16. The maximum atomic E-state index is 12.5. The third kappa shape index (κ3) is 2.56. The van der Waals surface area contributed by atoms with Crippen LogP contribution >= 0.6 is 11.3 Å². The summed E-state index contributed by atoms with van der Waals surface area (Å²) >= 11 is 0.837. The second kappa shape index (κ2) is 5.51. The standard InChI is InChI=1S/C11H14N2O5S2/c12-10(14)7-3-1-2-5-13(7)20(17,18)8-4-6-19-9(8)11(15)16/h4,6-7H,1-3,5H2,(H2,12,14)(H,15,16). The van der Waals surface area contributed by atoms with Crippen LogP contribution in [-0.2, 0) is 14.8 Å². The highest BCUT2D eigenvalue weighted by Crippen LogP contribution is 2.29. The van der Waals surface area contributed by atoms with Crippen LogP contribution in [0, 0.1) is 0 Å². The number of amides is 1. The molecule has 0 bridgehead atoms. The summed E-state index contributed by atoms with van der Waals surface area (Å²) < 4.78 is 26.1. The van der Waals surface area contributed by atoms with E-state index in [0.29, 0.717) is 12.8 Å². The van der Waals surface area contributed by atoms with E-state index in [1.165, 1.54) is 11.4 Å². The molecule has 2 heterocycles. The highest BCUT2D eigenvalue weighted by atomic mass is 32.2. The van der Waals surface area contributed by atoms with Crippen LogP contribution in [0.25, 0.3) is 0 Å². The molecule has 1 saturated heterocycles. The zero-order valence-electron chi connectivity index (χ0n) is 10.5. The lowest BCUT2D eigenvalue weighted by Crippen LogP contribution is -2.50. The molecule has 2 rings (SSSR count). The number of hydrogen-bond donors (Lipinski definition) is 2. The number of aromatic carboxylic acids is 1. The van der Waals surface area contributed by atoms with E-state index >= 15 is 0 Å². The molecule has 1 aromatic heterocycles. The molecule has 1 aliphatic heterocycles.